The largest absolute Gasteiger partial charge is 0.497 e. The summed E-state index contributed by atoms with van der Waals surface area (Å²) in [6.45, 7) is 0. The minimum Gasteiger partial charge on any atom is -0.497 e. The van der Waals surface area contributed by atoms with Crippen molar-refractivity contribution in [2.75, 3.05) is 14.2 Å². The SMILES string of the molecule is CN[C@H]1C[C@@H]2C[C@H](c3ccc(OC)cc3)[C@@H]1c1ccccc12. The third-order valence-corrected chi connectivity index (χ3v) is 5.65. The Labute approximate surface area is 132 Å². The van der Waals surface area contributed by atoms with Gasteiger partial charge in [0, 0.05) is 12.0 Å². The summed E-state index contributed by atoms with van der Waals surface area (Å²) < 4.78 is 5.30. The van der Waals surface area contributed by atoms with Crippen LogP contribution >= 0.6 is 0 Å². The van der Waals surface area contributed by atoms with E-state index in [1.807, 2.05) is 0 Å². The van der Waals surface area contributed by atoms with E-state index in [2.05, 4.69) is 60.9 Å². The van der Waals surface area contributed by atoms with Crippen LogP contribution in [0.4, 0.5) is 0 Å². The van der Waals surface area contributed by atoms with Crippen LogP contribution in [-0.2, 0) is 0 Å². The summed E-state index contributed by atoms with van der Waals surface area (Å²) in [5.41, 5.74) is 4.60. The van der Waals surface area contributed by atoms with Crippen molar-refractivity contribution >= 4 is 0 Å². The van der Waals surface area contributed by atoms with Gasteiger partial charge in [0.2, 0.25) is 0 Å². The Balaban J connectivity index is 1.75. The third kappa shape index (κ3) is 2.05. The van der Waals surface area contributed by atoms with Gasteiger partial charge in [0.25, 0.3) is 0 Å². The molecule has 2 aromatic rings. The van der Waals surface area contributed by atoms with Gasteiger partial charge in [0.1, 0.15) is 5.75 Å². The number of methoxy groups -OCH3 is 1. The molecule has 0 aliphatic heterocycles. The maximum Gasteiger partial charge on any atom is 0.118 e. The zero-order valence-corrected chi connectivity index (χ0v) is 13.3. The number of fused-ring (bicyclic) bond motifs is 2. The standard InChI is InChI=1S/C20H23NO/c1-21-19-12-14-11-18(13-7-9-15(22-2)10-8-13)20(19)17-6-4-3-5-16(14)17/h3-10,14,18-21H,11-12H2,1-2H3/t14-,18+,19-,20-/m0/s1. The molecule has 5 rings (SSSR count). The number of hydrogen-bond acceptors (Lipinski definition) is 2. The van der Waals surface area contributed by atoms with E-state index >= 15 is 0 Å². The lowest BCUT2D eigenvalue weighted by atomic mass is 9.58. The Morgan fingerprint density at radius 3 is 2.36 bits per heavy atom. The van der Waals surface area contributed by atoms with E-state index in [1.54, 1.807) is 18.2 Å². The molecule has 22 heavy (non-hydrogen) atoms. The van der Waals surface area contributed by atoms with Gasteiger partial charge in [-0.05, 0) is 60.5 Å². The molecule has 0 unspecified atom stereocenters. The molecule has 0 saturated heterocycles. The molecule has 4 atom stereocenters. The molecule has 0 heterocycles. The van der Waals surface area contributed by atoms with Gasteiger partial charge in [-0.1, -0.05) is 36.4 Å². The summed E-state index contributed by atoms with van der Waals surface area (Å²) in [6, 6.07) is 18.3. The highest BCUT2D eigenvalue weighted by atomic mass is 16.5. The van der Waals surface area contributed by atoms with Crippen molar-refractivity contribution in [2.24, 2.45) is 0 Å². The summed E-state index contributed by atoms with van der Waals surface area (Å²) in [6.07, 6.45) is 2.54. The molecule has 2 nitrogen and oxygen atoms in total. The van der Waals surface area contributed by atoms with E-state index in [4.69, 9.17) is 4.74 Å². The third-order valence-electron chi connectivity index (χ3n) is 5.65. The minimum atomic E-state index is 0.583. The maximum atomic E-state index is 5.30. The molecule has 0 radical (unpaired) electrons. The number of ether oxygens (including phenoxy) is 1. The van der Waals surface area contributed by atoms with Crippen LogP contribution in [0.15, 0.2) is 48.5 Å². The minimum absolute atomic E-state index is 0.583. The van der Waals surface area contributed by atoms with Crippen LogP contribution in [-0.4, -0.2) is 20.2 Å². The molecular formula is C20H23NO. The zero-order valence-electron chi connectivity index (χ0n) is 13.3. The van der Waals surface area contributed by atoms with E-state index in [0.29, 0.717) is 23.8 Å². The highest BCUT2D eigenvalue weighted by molar-refractivity contribution is 5.45. The molecule has 2 heteroatoms. The second-order valence-corrected chi connectivity index (χ2v) is 6.60. The Kier molecular flexibility index (Phi) is 3.42. The quantitative estimate of drug-likeness (QED) is 0.922. The maximum absolute atomic E-state index is 5.30. The van der Waals surface area contributed by atoms with Crippen molar-refractivity contribution in [3.8, 4) is 5.75 Å². The highest BCUT2D eigenvalue weighted by Gasteiger charge is 2.45. The van der Waals surface area contributed by atoms with Crippen molar-refractivity contribution in [2.45, 2.75) is 36.6 Å². The first-order chi connectivity index (χ1) is 10.8. The lowest BCUT2D eigenvalue weighted by Crippen LogP contribution is -2.45. The molecule has 114 valence electrons. The molecule has 0 aromatic heterocycles. The van der Waals surface area contributed by atoms with Crippen LogP contribution < -0.4 is 10.1 Å². The van der Waals surface area contributed by atoms with E-state index in [0.717, 1.165) is 5.75 Å². The normalized spacial score (nSPS) is 29.2. The lowest BCUT2D eigenvalue weighted by molar-refractivity contribution is 0.248. The topological polar surface area (TPSA) is 21.3 Å². The van der Waals surface area contributed by atoms with Crippen LogP contribution in [0.3, 0.4) is 0 Å². The smallest absolute Gasteiger partial charge is 0.118 e. The van der Waals surface area contributed by atoms with Crippen molar-refractivity contribution in [3.63, 3.8) is 0 Å². The summed E-state index contributed by atoms with van der Waals surface area (Å²) in [7, 11) is 3.84. The van der Waals surface area contributed by atoms with Crippen molar-refractivity contribution < 1.29 is 4.74 Å². The van der Waals surface area contributed by atoms with Gasteiger partial charge in [0.05, 0.1) is 7.11 Å². The summed E-state index contributed by atoms with van der Waals surface area (Å²) in [5, 5.41) is 3.57. The van der Waals surface area contributed by atoms with Crippen LogP contribution in [0, 0.1) is 0 Å². The molecule has 2 bridgehead atoms. The fraction of sp³-hybridized carbons (Fsp3) is 0.400. The lowest BCUT2D eigenvalue weighted by Gasteiger charge is -2.49. The second kappa shape index (κ2) is 5.44. The number of benzene rings is 2. The van der Waals surface area contributed by atoms with Gasteiger partial charge in [-0.3, -0.25) is 0 Å². The van der Waals surface area contributed by atoms with Gasteiger partial charge < -0.3 is 10.1 Å². The first-order valence-corrected chi connectivity index (χ1v) is 8.22. The average molecular weight is 293 g/mol. The van der Waals surface area contributed by atoms with Gasteiger partial charge in [-0.25, -0.2) is 0 Å². The Morgan fingerprint density at radius 1 is 0.955 bits per heavy atom. The predicted molar refractivity (Wildman–Crippen MR) is 89.7 cm³/mol. The van der Waals surface area contributed by atoms with E-state index in [-0.39, 0.29) is 0 Å². The molecule has 2 aromatic carbocycles. The Hall–Kier alpha value is -1.80. The number of nitrogens with one attached hydrogen (secondary N) is 1. The molecule has 1 N–H and O–H groups in total. The summed E-state index contributed by atoms with van der Waals surface area (Å²) in [4.78, 5) is 0. The first-order valence-electron chi connectivity index (χ1n) is 8.22. The fourth-order valence-corrected chi connectivity index (χ4v) is 4.65. The molecule has 3 aliphatic rings. The van der Waals surface area contributed by atoms with Crippen LogP contribution in [0.2, 0.25) is 0 Å². The predicted octanol–water partition coefficient (Wildman–Crippen LogP) is 4.04. The number of hydrogen-bond donors (Lipinski definition) is 1. The Morgan fingerprint density at radius 2 is 1.68 bits per heavy atom. The molecule has 0 amide bonds. The zero-order chi connectivity index (χ0) is 15.1. The van der Waals surface area contributed by atoms with Crippen molar-refractivity contribution in [1.29, 1.82) is 0 Å². The van der Waals surface area contributed by atoms with Crippen molar-refractivity contribution in [1.82, 2.24) is 5.32 Å². The first kappa shape index (κ1) is 13.8. The number of likely N-dealkylation sites (N-methyl/N-ethyl adjacent to an activating group) is 1. The second-order valence-electron chi connectivity index (χ2n) is 6.60. The van der Waals surface area contributed by atoms with Crippen LogP contribution in [0.5, 0.6) is 5.75 Å². The molecule has 1 saturated carbocycles. The monoisotopic (exact) mass is 293 g/mol. The molecule has 0 spiro atoms. The summed E-state index contributed by atoms with van der Waals surface area (Å²) in [5.74, 6) is 2.82. The van der Waals surface area contributed by atoms with Gasteiger partial charge >= 0.3 is 0 Å². The number of rotatable bonds is 3. The fourth-order valence-electron chi connectivity index (χ4n) is 4.65. The molecule has 3 aliphatic carbocycles. The molecular weight excluding hydrogens is 270 g/mol. The average Bonchev–Trinajstić information content (AvgIpc) is 2.61. The van der Waals surface area contributed by atoms with Gasteiger partial charge in [-0.15, -0.1) is 0 Å². The van der Waals surface area contributed by atoms with Gasteiger partial charge in [-0.2, -0.15) is 0 Å². The van der Waals surface area contributed by atoms with Crippen LogP contribution in [0.25, 0.3) is 0 Å². The van der Waals surface area contributed by atoms with E-state index in [1.165, 1.54) is 18.4 Å². The summed E-state index contributed by atoms with van der Waals surface area (Å²) >= 11 is 0. The van der Waals surface area contributed by atoms with Gasteiger partial charge in [0.15, 0.2) is 0 Å². The van der Waals surface area contributed by atoms with E-state index in [9.17, 15) is 0 Å². The molecule has 1 fully saturated rings. The highest BCUT2D eigenvalue weighted by Crippen LogP contribution is 2.56. The van der Waals surface area contributed by atoms with E-state index < -0.39 is 0 Å². The van der Waals surface area contributed by atoms with Crippen molar-refractivity contribution in [3.05, 3.63) is 65.2 Å². The van der Waals surface area contributed by atoms with Crippen LogP contribution in [0.1, 0.15) is 47.3 Å². The Bertz CT molecular complexity index is 664.